The Labute approximate surface area is 139 Å². The van der Waals surface area contributed by atoms with Gasteiger partial charge in [-0.1, -0.05) is 47.5 Å². The Morgan fingerprint density at radius 2 is 1.52 bits per heavy atom. The fourth-order valence-corrected chi connectivity index (χ4v) is 2.72. The fraction of sp³-hybridized carbons (Fsp3) is 0.350. The molecule has 0 saturated carbocycles. The van der Waals surface area contributed by atoms with Crippen molar-refractivity contribution in [3.63, 3.8) is 0 Å². The maximum atomic E-state index is 12.1. The van der Waals surface area contributed by atoms with E-state index < -0.39 is 0 Å². The minimum Gasteiger partial charge on any atom is -0.326 e. The topological polar surface area (TPSA) is 41.1 Å². The fourth-order valence-electron chi connectivity index (χ4n) is 2.72. The number of nitrogens with one attached hydrogen (secondary N) is 2. The van der Waals surface area contributed by atoms with Crippen molar-refractivity contribution in [3.8, 4) is 0 Å². The second-order valence-corrected chi connectivity index (χ2v) is 6.23. The Morgan fingerprint density at radius 3 is 2.13 bits per heavy atom. The van der Waals surface area contributed by atoms with Gasteiger partial charge in [-0.3, -0.25) is 4.79 Å². The van der Waals surface area contributed by atoms with Gasteiger partial charge in [0.1, 0.15) is 0 Å². The summed E-state index contributed by atoms with van der Waals surface area (Å²) < 4.78 is 0. The first-order chi connectivity index (χ1) is 11.0. The molecule has 0 radical (unpaired) electrons. The summed E-state index contributed by atoms with van der Waals surface area (Å²) in [7, 11) is 0. The highest BCUT2D eigenvalue weighted by atomic mass is 16.1. The third kappa shape index (κ3) is 5.22. The summed E-state index contributed by atoms with van der Waals surface area (Å²) in [5.41, 5.74) is 6.89. The van der Waals surface area contributed by atoms with E-state index in [0.717, 1.165) is 23.4 Å². The van der Waals surface area contributed by atoms with Crippen molar-refractivity contribution in [2.45, 2.75) is 40.7 Å². The van der Waals surface area contributed by atoms with Crippen molar-refractivity contribution in [1.82, 2.24) is 5.32 Å². The van der Waals surface area contributed by atoms with Crippen LogP contribution >= 0.6 is 0 Å². The zero-order valence-electron chi connectivity index (χ0n) is 14.5. The van der Waals surface area contributed by atoms with Crippen LogP contribution in [0.5, 0.6) is 0 Å². The molecule has 3 nitrogen and oxygen atoms in total. The van der Waals surface area contributed by atoms with Gasteiger partial charge in [0.05, 0.1) is 0 Å². The standard InChI is InChI=1S/C20H26N2O/c1-14-5-7-18(8-6-14)13-21-10-9-19(23)22-20-16(3)11-15(2)12-17(20)4/h5-8,11-12,21H,9-10,13H2,1-4H3,(H,22,23). The largest absolute Gasteiger partial charge is 0.326 e. The zero-order valence-corrected chi connectivity index (χ0v) is 14.5. The monoisotopic (exact) mass is 310 g/mol. The number of rotatable bonds is 6. The highest BCUT2D eigenvalue weighted by Crippen LogP contribution is 2.21. The minimum atomic E-state index is 0.0523. The van der Waals surface area contributed by atoms with Crippen LogP contribution in [-0.4, -0.2) is 12.5 Å². The molecule has 122 valence electrons. The van der Waals surface area contributed by atoms with Crippen LogP contribution in [0.1, 0.15) is 34.2 Å². The number of benzene rings is 2. The number of carbonyl (C=O) groups excluding carboxylic acids is 1. The molecule has 3 heteroatoms. The maximum Gasteiger partial charge on any atom is 0.225 e. The highest BCUT2D eigenvalue weighted by molar-refractivity contribution is 5.92. The lowest BCUT2D eigenvalue weighted by Crippen LogP contribution is -2.22. The van der Waals surface area contributed by atoms with Crippen LogP contribution < -0.4 is 10.6 Å². The molecule has 2 N–H and O–H groups in total. The number of amides is 1. The lowest BCUT2D eigenvalue weighted by Gasteiger charge is -2.13. The third-order valence-electron chi connectivity index (χ3n) is 3.92. The first kappa shape index (κ1) is 17.2. The molecule has 0 aromatic heterocycles. The Balaban J connectivity index is 1.78. The van der Waals surface area contributed by atoms with Crippen molar-refractivity contribution >= 4 is 11.6 Å². The van der Waals surface area contributed by atoms with E-state index in [1.54, 1.807) is 0 Å². The molecule has 0 atom stereocenters. The summed E-state index contributed by atoms with van der Waals surface area (Å²) in [5, 5.41) is 6.35. The van der Waals surface area contributed by atoms with Gasteiger partial charge in [0.15, 0.2) is 0 Å². The quantitative estimate of drug-likeness (QED) is 0.791. The summed E-state index contributed by atoms with van der Waals surface area (Å²) in [6.07, 6.45) is 0.471. The number of aryl methyl sites for hydroxylation is 4. The molecule has 0 spiro atoms. The first-order valence-corrected chi connectivity index (χ1v) is 8.09. The van der Waals surface area contributed by atoms with Crippen molar-refractivity contribution < 1.29 is 4.79 Å². The number of hydrogen-bond donors (Lipinski definition) is 2. The molecule has 2 rings (SSSR count). The summed E-state index contributed by atoms with van der Waals surface area (Å²) >= 11 is 0. The van der Waals surface area contributed by atoms with Crippen LogP contribution in [0.2, 0.25) is 0 Å². The van der Waals surface area contributed by atoms with Crippen LogP contribution in [0.25, 0.3) is 0 Å². The van der Waals surface area contributed by atoms with E-state index in [9.17, 15) is 4.79 Å². The molecule has 1 amide bonds. The van der Waals surface area contributed by atoms with Gasteiger partial charge >= 0.3 is 0 Å². The van der Waals surface area contributed by atoms with Gasteiger partial charge < -0.3 is 10.6 Å². The SMILES string of the molecule is Cc1ccc(CNCCC(=O)Nc2c(C)cc(C)cc2C)cc1. The van der Waals surface area contributed by atoms with Crippen LogP contribution in [0, 0.1) is 27.7 Å². The van der Waals surface area contributed by atoms with E-state index in [4.69, 9.17) is 0 Å². The van der Waals surface area contributed by atoms with Crippen molar-refractivity contribution in [3.05, 3.63) is 64.2 Å². The van der Waals surface area contributed by atoms with Crippen LogP contribution in [-0.2, 0) is 11.3 Å². The predicted octanol–water partition coefficient (Wildman–Crippen LogP) is 4.04. The second kappa shape index (κ2) is 7.93. The second-order valence-electron chi connectivity index (χ2n) is 6.23. The molecule has 0 bridgehead atoms. The minimum absolute atomic E-state index is 0.0523. The number of carbonyl (C=O) groups is 1. The van der Waals surface area contributed by atoms with Crippen molar-refractivity contribution in [2.75, 3.05) is 11.9 Å². The van der Waals surface area contributed by atoms with Gasteiger partial charge in [0.25, 0.3) is 0 Å². The summed E-state index contributed by atoms with van der Waals surface area (Å²) in [4.78, 5) is 12.1. The van der Waals surface area contributed by atoms with E-state index in [1.165, 1.54) is 16.7 Å². The smallest absolute Gasteiger partial charge is 0.225 e. The van der Waals surface area contributed by atoms with Crippen LogP contribution in [0.15, 0.2) is 36.4 Å². The highest BCUT2D eigenvalue weighted by Gasteiger charge is 2.08. The molecule has 0 aliphatic rings. The van der Waals surface area contributed by atoms with E-state index >= 15 is 0 Å². The molecule has 0 aliphatic heterocycles. The van der Waals surface area contributed by atoms with Gasteiger partial charge in [-0.2, -0.15) is 0 Å². The summed E-state index contributed by atoms with van der Waals surface area (Å²) in [6, 6.07) is 12.6. The molecule has 0 heterocycles. The zero-order chi connectivity index (χ0) is 16.8. The van der Waals surface area contributed by atoms with Crippen molar-refractivity contribution in [2.24, 2.45) is 0 Å². The molecular formula is C20H26N2O. The number of anilines is 1. The average Bonchev–Trinajstić information content (AvgIpc) is 2.49. The first-order valence-electron chi connectivity index (χ1n) is 8.09. The Kier molecular flexibility index (Phi) is 5.94. The van der Waals surface area contributed by atoms with E-state index in [0.29, 0.717) is 13.0 Å². The number of hydrogen-bond acceptors (Lipinski definition) is 2. The van der Waals surface area contributed by atoms with E-state index in [2.05, 4.69) is 60.9 Å². The Hall–Kier alpha value is -2.13. The van der Waals surface area contributed by atoms with E-state index in [1.807, 2.05) is 13.8 Å². The van der Waals surface area contributed by atoms with Gasteiger partial charge in [-0.15, -0.1) is 0 Å². The van der Waals surface area contributed by atoms with Gasteiger partial charge in [-0.25, -0.2) is 0 Å². The molecule has 2 aromatic carbocycles. The molecule has 0 aliphatic carbocycles. The average molecular weight is 310 g/mol. The van der Waals surface area contributed by atoms with Crippen LogP contribution in [0.4, 0.5) is 5.69 Å². The van der Waals surface area contributed by atoms with Gasteiger partial charge in [-0.05, 0) is 44.4 Å². The summed E-state index contributed by atoms with van der Waals surface area (Å²) in [6.45, 7) is 9.67. The van der Waals surface area contributed by atoms with Gasteiger partial charge in [0, 0.05) is 25.2 Å². The lowest BCUT2D eigenvalue weighted by atomic mass is 10.1. The summed E-state index contributed by atoms with van der Waals surface area (Å²) in [5.74, 6) is 0.0523. The van der Waals surface area contributed by atoms with Crippen molar-refractivity contribution in [1.29, 1.82) is 0 Å². The molecule has 2 aromatic rings. The Morgan fingerprint density at radius 1 is 0.913 bits per heavy atom. The Bertz CT molecular complexity index is 652. The van der Waals surface area contributed by atoms with Gasteiger partial charge in [0.2, 0.25) is 5.91 Å². The third-order valence-corrected chi connectivity index (χ3v) is 3.92. The maximum absolute atomic E-state index is 12.1. The normalized spacial score (nSPS) is 10.6. The van der Waals surface area contributed by atoms with Crippen LogP contribution in [0.3, 0.4) is 0 Å². The molecular weight excluding hydrogens is 284 g/mol. The molecule has 0 fully saturated rings. The molecule has 0 saturated heterocycles. The lowest BCUT2D eigenvalue weighted by molar-refractivity contribution is -0.116. The molecule has 0 unspecified atom stereocenters. The predicted molar refractivity (Wildman–Crippen MR) is 96.8 cm³/mol. The van der Waals surface area contributed by atoms with E-state index in [-0.39, 0.29) is 5.91 Å². The molecule has 23 heavy (non-hydrogen) atoms.